The number of guanidine groups is 1. The molecule has 0 radical (unpaired) electrons. The van der Waals surface area contributed by atoms with Crippen molar-refractivity contribution < 1.29 is 0 Å². The van der Waals surface area contributed by atoms with Crippen molar-refractivity contribution >= 4 is 29.9 Å². The molecular weight excluding hydrogens is 325 g/mol. The molecule has 0 unspecified atom stereocenters. The predicted molar refractivity (Wildman–Crippen MR) is 86.0 cm³/mol. The number of hydrogen-bond donors (Lipinski definition) is 2. The van der Waals surface area contributed by atoms with E-state index in [9.17, 15) is 0 Å². The number of aliphatic imine (C=N–C) groups is 1. The van der Waals surface area contributed by atoms with E-state index in [1.165, 1.54) is 44.9 Å². The number of nitrogens with one attached hydrogen (secondary N) is 1. The molecule has 3 N–H and O–H groups in total. The van der Waals surface area contributed by atoms with Crippen LogP contribution in [0, 0.1) is 5.92 Å². The van der Waals surface area contributed by atoms with E-state index in [0.29, 0.717) is 5.96 Å². The van der Waals surface area contributed by atoms with E-state index >= 15 is 0 Å². The molecule has 17 heavy (non-hydrogen) atoms. The normalized spacial score (nSPS) is 17.6. The minimum atomic E-state index is 0. The van der Waals surface area contributed by atoms with Crippen molar-refractivity contribution in [2.24, 2.45) is 16.6 Å². The maximum absolute atomic E-state index is 5.72. The summed E-state index contributed by atoms with van der Waals surface area (Å²) in [4.78, 5) is 4.21. The molecule has 4 heteroatoms. The van der Waals surface area contributed by atoms with Gasteiger partial charge in [0.25, 0.3) is 0 Å². The van der Waals surface area contributed by atoms with Gasteiger partial charge in [-0.2, -0.15) is 0 Å². The summed E-state index contributed by atoms with van der Waals surface area (Å²) in [7, 11) is 0. The first-order valence-electron chi connectivity index (χ1n) is 6.86. The van der Waals surface area contributed by atoms with Gasteiger partial charge in [-0.15, -0.1) is 24.0 Å². The van der Waals surface area contributed by atoms with E-state index in [1.807, 2.05) is 0 Å². The van der Waals surface area contributed by atoms with E-state index in [4.69, 9.17) is 5.73 Å². The van der Waals surface area contributed by atoms with Crippen molar-refractivity contribution in [3.8, 4) is 0 Å². The van der Waals surface area contributed by atoms with Crippen LogP contribution in [-0.2, 0) is 0 Å². The predicted octanol–water partition coefficient (Wildman–Crippen LogP) is 3.28. The summed E-state index contributed by atoms with van der Waals surface area (Å²) in [5.74, 6) is 1.59. The zero-order valence-corrected chi connectivity index (χ0v) is 13.4. The second kappa shape index (κ2) is 11.1. The Morgan fingerprint density at radius 2 is 2.00 bits per heavy atom. The highest BCUT2D eigenvalue weighted by Gasteiger charge is 2.12. The quantitative estimate of drug-likeness (QED) is 0.333. The lowest BCUT2D eigenvalue weighted by Gasteiger charge is -2.21. The van der Waals surface area contributed by atoms with Gasteiger partial charge < -0.3 is 11.1 Å². The lowest BCUT2D eigenvalue weighted by molar-refractivity contribution is 0.332. The molecule has 0 spiro atoms. The van der Waals surface area contributed by atoms with Crippen molar-refractivity contribution in [2.75, 3.05) is 13.1 Å². The molecule has 1 rings (SSSR count). The molecule has 102 valence electrons. The Balaban J connectivity index is 0.00000256. The van der Waals surface area contributed by atoms with Crippen LogP contribution in [0.2, 0.25) is 0 Å². The van der Waals surface area contributed by atoms with Crippen LogP contribution in [0.1, 0.15) is 58.3 Å². The molecule has 0 atom stereocenters. The van der Waals surface area contributed by atoms with Crippen LogP contribution in [-0.4, -0.2) is 19.0 Å². The first-order chi connectivity index (χ1) is 7.83. The van der Waals surface area contributed by atoms with Crippen LogP contribution in [0.4, 0.5) is 0 Å². The molecule has 0 heterocycles. The van der Waals surface area contributed by atoms with Crippen LogP contribution >= 0.6 is 24.0 Å². The van der Waals surface area contributed by atoms with Crippen molar-refractivity contribution in [3.63, 3.8) is 0 Å². The molecule has 1 fully saturated rings. The Labute approximate surface area is 123 Å². The first kappa shape index (κ1) is 17.0. The van der Waals surface area contributed by atoms with E-state index in [1.54, 1.807) is 0 Å². The van der Waals surface area contributed by atoms with Gasteiger partial charge in [-0.05, 0) is 25.2 Å². The standard InChI is InChI=1S/C13H27N3.HI/c1-2-10-15-13(14)16-11-6-9-12-7-4-3-5-8-12;/h12H,2-11H2,1H3,(H3,14,15,16);1H. The zero-order chi connectivity index (χ0) is 11.6. The van der Waals surface area contributed by atoms with Gasteiger partial charge in [0.05, 0.1) is 0 Å². The number of hydrogen-bond acceptors (Lipinski definition) is 1. The number of halogens is 1. The van der Waals surface area contributed by atoms with Gasteiger partial charge >= 0.3 is 0 Å². The van der Waals surface area contributed by atoms with E-state index in [-0.39, 0.29) is 24.0 Å². The highest BCUT2D eigenvalue weighted by Crippen LogP contribution is 2.26. The average Bonchev–Trinajstić information content (AvgIpc) is 2.33. The highest BCUT2D eigenvalue weighted by atomic mass is 127. The van der Waals surface area contributed by atoms with Crippen molar-refractivity contribution in [1.29, 1.82) is 0 Å². The van der Waals surface area contributed by atoms with Gasteiger partial charge in [0.15, 0.2) is 5.96 Å². The third kappa shape index (κ3) is 8.69. The van der Waals surface area contributed by atoms with Crippen molar-refractivity contribution in [1.82, 2.24) is 5.32 Å². The topological polar surface area (TPSA) is 50.4 Å². The fourth-order valence-corrected chi connectivity index (χ4v) is 2.37. The van der Waals surface area contributed by atoms with Crippen molar-refractivity contribution in [3.05, 3.63) is 0 Å². The molecule has 1 aliphatic rings. The second-order valence-corrected chi connectivity index (χ2v) is 4.84. The minimum Gasteiger partial charge on any atom is -0.370 e. The fraction of sp³-hybridized carbons (Fsp3) is 0.923. The minimum absolute atomic E-state index is 0. The molecule has 1 saturated carbocycles. The monoisotopic (exact) mass is 353 g/mol. The van der Waals surface area contributed by atoms with Crippen molar-refractivity contribution in [2.45, 2.75) is 58.3 Å². The average molecular weight is 353 g/mol. The van der Waals surface area contributed by atoms with Crippen LogP contribution in [0.15, 0.2) is 4.99 Å². The number of rotatable bonds is 6. The molecule has 3 nitrogen and oxygen atoms in total. The molecule has 0 aromatic heterocycles. The number of nitrogens with zero attached hydrogens (tertiary/aromatic N) is 1. The van der Waals surface area contributed by atoms with Gasteiger partial charge in [-0.25, -0.2) is 0 Å². The Morgan fingerprint density at radius 3 is 2.65 bits per heavy atom. The van der Waals surface area contributed by atoms with E-state index < -0.39 is 0 Å². The third-order valence-electron chi connectivity index (χ3n) is 3.33. The molecular formula is C13H28IN3. The van der Waals surface area contributed by atoms with Crippen LogP contribution in [0.5, 0.6) is 0 Å². The molecule has 0 aromatic rings. The van der Waals surface area contributed by atoms with Gasteiger partial charge in [0.1, 0.15) is 0 Å². The third-order valence-corrected chi connectivity index (χ3v) is 3.33. The summed E-state index contributed by atoms with van der Waals surface area (Å²) in [6, 6.07) is 0. The van der Waals surface area contributed by atoms with Crippen LogP contribution in [0.25, 0.3) is 0 Å². The summed E-state index contributed by atoms with van der Waals surface area (Å²) in [5.41, 5.74) is 5.72. The van der Waals surface area contributed by atoms with E-state index in [2.05, 4.69) is 17.2 Å². The van der Waals surface area contributed by atoms with Crippen LogP contribution < -0.4 is 11.1 Å². The SMILES string of the molecule is CCCN=C(N)NCCCC1CCCCC1.I. The Hall–Kier alpha value is 0. The van der Waals surface area contributed by atoms with E-state index in [0.717, 1.165) is 25.4 Å². The largest absolute Gasteiger partial charge is 0.370 e. The fourth-order valence-electron chi connectivity index (χ4n) is 2.37. The summed E-state index contributed by atoms with van der Waals surface area (Å²) in [6.45, 7) is 3.93. The lowest BCUT2D eigenvalue weighted by Crippen LogP contribution is -2.32. The summed E-state index contributed by atoms with van der Waals surface area (Å²) in [6.07, 6.45) is 10.9. The zero-order valence-electron chi connectivity index (χ0n) is 11.1. The number of nitrogens with two attached hydrogens (primary N) is 1. The van der Waals surface area contributed by atoms with Gasteiger partial charge in [0.2, 0.25) is 0 Å². The molecule has 0 aromatic carbocycles. The van der Waals surface area contributed by atoms with Crippen LogP contribution in [0.3, 0.4) is 0 Å². The highest BCUT2D eigenvalue weighted by molar-refractivity contribution is 14.0. The maximum Gasteiger partial charge on any atom is 0.188 e. The van der Waals surface area contributed by atoms with Gasteiger partial charge in [0, 0.05) is 13.1 Å². The summed E-state index contributed by atoms with van der Waals surface area (Å²) < 4.78 is 0. The molecule has 0 bridgehead atoms. The Morgan fingerprint density at radius 1 is 1.29 bits per heavy atom. The second-order valence-electron chi connectivity index (χ2n) is 4.84. The smallest absolute Gasteiger partial charge is 0.188 e. The molecule has 1 aliphatic carbocycles. The Bertz CT molecular complexity index is 201. The summed E-state index contributed by atoms with van der Waals surface area (Å²) in [5, 5.41) is 3.18. The first-order valence-corrected chi connectivity index (χ1v) is 6.86. The van der Waals surface area contributed by atoms with Gasteiger partial charge in [-0.1, -0.05) is 39.0 Å². The summed E-state index contributed by atoms with van der Waals surface area (Å²) >= 11 is 0. The molecule has 0 aliphatic heterocycles. The molecule has 0 saturated heterocycles. The Kier molecular flexibility index (Phi) is 11.1. The lowest BCUT2D eigenvalue weighted by atomic mass is 9.86. The molecule has 0 amide bonds. The van der Waals surface area contributed by atoms with Gasteiger partial charge in [-0.3, -0.25) is 4.99 Å². The maximum atomic E-state index is 5.72.